The zero-order valence-corrected chi connectivity index (χ0v) is 14.0. The predicted molar refractivity (Wildman–Crippen MR) is 92.4 cm³/mol. The van der Waals surface area contributed by atoms with Gasteiger partial charge in [0.25, 0.3) is 0 Å². The number of hydrogen-bond donors (Lipinski definition) is 4. The molecule has 2 aromatic carbocycles. The molecule has 1 atom stereocenters. The maximum atomic E-state index is 10.2. The summed E-state index contributed by atoms with van der Waals surface area (Å²) in [5.41, 5.74) is 6.59. The topological polar surface area (TPSA) is 86.7 Å². The molecule has 0 aliphatic carbocycles. The molecule has 2 rings (SSSR count). The fourth-order valence-corrected chi connectivity index (χ4v) is 3.00. The molecule has 0 saturated heterocycles. The van der Waals surface area contributed by atoms with E-state index < -0.39 is 11.6 Å². The van der Waals surface area contributed by atoms with Crippen molar-refractivity contribution in [2.75, 3.05) is 13.2 Å². The maximum absolute atomic E-state index is 10.2. The number of benzene rings is 2. The van der Waals surface area contributed by atoms with E-state index in [4.69, 9.17) is 5.73 Å². The van der Waals surface area contributed by atoms with Gasteiger partial charge in [-0.15, -0.1) is 0 Å². The van der Waals surface area contributed by atoms with Gasteiger partial charge in [0.2, 0.25) is 0 Å². The molecule has 23 heavy (non-hydrogen) atoms. The maximum Gasteiger partial charge on any atom is 0.0809 e. The molecule has 0 aliphatic rings. The summed E-state index contributed by atoms with van der Waals surface area (Å²) in [7, 11) is 0. The summed E-state index contributed by atoms with van der Waals surface area (Å²) in [6, 6.07) is 15.9. The van der Waals surface area contributed by atoms with Crippen LogP contribution in [0.3, 0.4) is 0 Å². The lowest BCUT2D eigenvalue weighted by Crippen LogP contribution is -2.48. The smallest absolute Gasteiger partial charge is 0.0809 e. The second-order valence-electron chi connectivity index (χ2n) is 5.88. The molecule has 0 saturated carbocycles. The first kappa shape index (κ1) is 18.0. The van der Waals surface area contributed by atoms with E-state index in [9.17, 15) is 15.3 Å². The Morgan fingerprint density at radius 2 is 1.43 bits per heavy atom. The van der Waals surface area contributed by atoms with E-state index in [1.807, 2.05) is 24.3 Å². The second kappa shape index (κ2) is 7.95. The normalized spacial score (nSPS) is 13.1. The van der Waals surface area contributed by atoms with Gasteiger partial charge in [0.05, 0.1) is 24.9 Å². The van der Waals surface area contributed by atoms with Crippen LogP contribution in [0.25, 0.3) is 0 Å². The zero-order chi connectivity index (χ0) is 16.9. The lowest BCUT2D eigenvalue weighted by atomic mass is 9.92. The number of nitrogens with two attached hydrogens (primary N) is 1. The Labute approximate surface area is 141 Å². The quantitative estimate of drug-likeness (QED) is 0.624. The van der Waals surface area contributed by atoms with E-state index in [0.29, 0.717) is 0 Å². The number of hydrogen-bond acceptors (Lipinski definition) is 5. The highest BCUT2D eigenvalue weighted by atomic mass is 32.2. The van der Waals surface area contributed by atoms with Gasteiger partial charge in [-0.1, -0.05) is 41.6 Å². The summed E-state index contributed by atoms with van der Waals surface area (Å²) in [4.78, 5) is 2.23. The first-order chi connectivity index (χ1) is 11.0. The Bertz CT molecular complexity index is 609. The molecule has 4 nitrogen and oxygen atoms in total. The molecule has 0 bridgehead atoms. The van der Waals surface area contributed by atoms with Crippen LogP contribution in [0.2, 0.25) is 0 Å². The third-order valence-corrected chi connectivity index (χ3v) is 4.77. The van der Waals surface area contributed by atoms with Crippen LogP contribution >= 0.6 is 11.8 Å². The van der Waals surface area contributed by atoms with E-state index in [0.717, 1.165) is 15.4 Å². The van der Waals surface area contributed by atoms with Gasteiger partial charge in [0.1, 0.15) is 0 Å². The highest BCUT2D eigenvalue weighted by Gasteiger charge is 2.27. The van der Waals surface area contributed by atoms with Gasteiger partial charge in [-0.2, -0.15) is 0 Å². The summed E-state index contributed by atoms with van der Waals surface area (Å²) >= 11 is 1.65. The molecular weight excluding hydrogens is 310 g/mol. The molecule has 124 valence electrons. The van der Waals surface area contributed by atoms with E-state index >= 15 is 0 Å². The molecular formula is C18H23NO3S. The fraction of sp³-hybridized carbons (Fsp3) is 0.333. The standard InChI is InChI=1S/C18H23NO3S/c1-13-2-6-15(7-3-13)23-16-8-4-14(5-9-16)17(22)10-18(19,11-20)12-21/h2-9,17,20-22H,10-12,19H2,1H3. The van der Waals surface area contributed by atoms with Crippen molar-refractivity contribution in [2.45, 2.75) is 34.8 Å². The molecule has 0 aromatic heterocycles. The van der Waals surface area contributed by atoms with Gasteiger partial charge in [0, 0.05) is 9.79 Å². The monoisotopic (exact) mass is 333 g/mol. The number of aryl methyl sites for hydroxylation is 1. The van der Waals surface area contributed by atoms with Crippen LogP contribution in [0.1, 0.15) is 23.7 Å². The highest BCUT2D eigenvalue weighted by Crippen LogP contribution is 2.30. The van der Waals surface area contributed by atoms with Crippen LogP contribution in [0.5, 0.6) is 0 Å². The number of aliphatic hydroxyl groups excluding tert-OH is 3. The first-order valence-electron chi connectivity index (χ1n) is 7.49. The average molecular weight is 333 g/mol. The van der Waals surface area contributed by atoms with Crippen molar-refractivity contribution >= 4 is 11.8 Å². The van der Waals surface area contributed by atoms with Gasteiger partial charge in [-0.3, -0.25) is 0 Å². The SMILES string of the molecule is Cc1ccc(Sc2ccc(C(O)CC(N)(CO)CO)cc2)cc1. The van der Waals surface area contributed by atoms with Crippen molar-refractivity contribution in [3.63, 3.8) is 0 Å². The minimum absolute atomic E-state index is 0.102. The van der Waals surface area contributed by atoms with Crippen LogP contribution in [0, 0.1) is 6.92 Å². The molecule has 0 heterocycles. The van der Waals surface area contributed by atoms with Crippen molar-refractivity contribution in [2.24, 2.45) is 5.73 Å². The van der Waals surface area contributed by atoms with Crippen LogP contribution in [0.15, 0.2) is 58.3 Å². The summed E-state index contributed by atoms with van der Waals surface area (Å²) in [6.07, 6.45) is -0.720. The van der Waals surface area contributed by atoms with E-state index in [1.165, 1.54) is 5.56 Å². The molecule has 0 aliphatic heterocycles. The molecule has 0 amide bonds. The summed E-state index contributed by atoms with van der Waals surface area (Å²) < 4.78 is 0. The predicted octanol–water partition coefficient (Wildman–Crippen LogP) is 2.25. The Kier molecular flexibility index (Phi) is 6.21. The van der Waals surface area contributed by atoms with E-state index in [1.54, 1.807) is 11.8 Å². The third kappa shape index (κ3) is 5.06. The number of aliphatic hydroxyl groups is 3. The van der Waals surface area contributed by atoms with Crippen LogP contribution in [0.4, 0.5) is 0 Å². The second-order valence-corrected chi connectivity index (χ2v) is 7.03. The molecule has 1 unspecified atom stereocenters. The van der Waals surface area contributed by atoms with Gasteiger partial charge in [0.15, 0.2) is 0 Å². The lowest BCUT2D eigenvalue weighted by molar-refractivity contribution is 0.0618. The Balaban J connectivity index is 2.02. The Morgan fingerprint density at radius 1 is 0.957 bits per heavy atom. The van der Waals surface area contributed by atoms with Crippen molar-refractivity contribution in [1.82, 2.24) is 0 Å². The van der Waals surface area contributed by atoms with Crippen molar-refractivity contribution in [3.05, 3.63) is 59.7 Å². The van der Waals surface area contributed by atoms with Crippen LogP contribution in [-0.2, 0) is 0 Å². The lowest BCUT2D eigenvalue weighted by Gasteiger charge is -2.27. The van der Waals surface area contributed by atoms with Gasteiger partial charge in [-0.05, 0) is 43.2 Å². The minimum Gasteiger partial charge on any atom is -0.394 e. The first-order valence-corrected chi connectivity index (χ1v) is 8.30. The van der Waals surface area contributed by atoms with Crippen LogP contribution < -0.4 is 5.73 Å². The van der Waals surface area contributed by atoms with Crippen LogP contribution in [-0.4, -0.2) is 34.1 Å². The fourth-order valence-electron chi connectivity index (χ4n) is 2.18. The Hall–Kier alpha value is -1.37. The third-order valence-electron chi connectivity index (χ3n) is 3.75. The molecule has 5 heteroatoms. The highest BCUT2D eigenvalue weighted by molar-refractivity contribution is 7.99. The molecule has 5 N–H and O–H groups in total. The molecule has 0 fully saturated rings. The summed E-state index contributed by atoms with van der Waals surface area (Å²) in [5.74, 6) is 0. The summed E-state index contributed by atoms with van der Waals surface area (Å²) in [6.45, 7) is 1.31. The molecule has 0 radical (unpaired) electrons. The van der Waals surface area contributed by atoms with Crippen molar-refractivity contribution in [1.29, 1.82) is 0 Å². The van der Waals surface area contributed by atoms with Gasteiger partial charge < -0.3 is 21.1 Å². The van der Waals surface area contributed by atoms with Gasteiger partial charge >= 0.3 is 0 Å². The zero-order valence-electron chi connectivity index (χ0n) is 13.1. The number of rotatable bonds is 7. The van der Waals surface area contributed by atoms with Crippen molar-refractivity contribution < 1.29 is 15.3 Å². The molecule has 0 spiro atoms. The molecule has 2 aromatic rings. The Morgan fingerprint density at radius 3 is 1.91 bits per heavy atom. The van der Waals surface area contributed by atoms with Crippen molar-refractivity contribution in [3.8, 4) is 0 Å². The largest absolute Gasteiger partial charge is 0.394 e. The van der Waals surface area contributed by atoms with E-state index in [2.05, 4.69) is 31.2 Å². The minimum atomic E-state index is -1.17. The summed E-state index contributed by atoms with van der Waals surface area (Å²) in [5, 5.41) is 28.6. The van der Waals surface area contributed by atoms with E-state index in [-0.39, 0.29) is 19.6 Å². The van der Waals surface area contributed by atoms with Gasteiger partial charge in [-0.25, -0.2) is 0 Å². The average Bonchev–Trinajstić information content (AvgIpc) is 2.57.